The largest absolute Gasteiger partial charge is 0.493 e. The van der Waals surface area contributed by atoms with Crippen molar-refractivity contribution >= 4 is 45.2 Å². The number of carboxylic acid groups (broad SMARTS) is 2. The summed E-state index contributed by atoms with van der Waals surface area (Å²) in [7, 11) is 3.03. The van der Waals surface area contributed by atoms with Crippen LogP contribution in [0.3, 0.4) is 0 Å². The first-order valence-corrected chi connectivity index (χ1v) is 14.1. The summed E-state index contributed by atoms with van der Waals surface area (Å²) in [5.74, 6) is -1.52. The Morgan fingerprint density at radius 2 is 1.60 bits per heavy atom. The van der Waals surface area contributed by atoms with Gasteiger partial charge in [0.25, 0.3) is 5.88 Å². The number of thiophene rings is 1. The summed E-state index contributed by atoms with van der Waals surface area (Å²) in [6, 6.07) is 7.08. The lowest BCUT2D eigenvalue weighted by Gasteiger charge is -2.16. The number of aromatic nitrogens is 1. The number of nitrogens with zero attached hydrogens (tertiary/aromatic N) is 2. The highest BCUT2D eigenvalue weighted by Crippen LogP contribution is 2.36. The van der Waals surface area contributed by atoms with Gasteiger partial charge >= 0.3 is 11.9 Å². The Morgan fingerprint density at radius 1 is 0.929 bits per heavy atom. The molecule has 0 spiro atoms. The Bertz CT molecular complexity index is 1500. The Morgan fingerprint density at radius 3 is 2.24 bits per heavy atom. The van der Waals surface area contributed by atoms with Crippen LogP contribution in [-0.2, 0) is 27.5 Å². The van der Waals surface area contributed by atoms with Gasteiger partial charge in [-0.25, -0.2) is 0 Å². The molecule has 0 fully saturated rings. The molecule has 0 saturated heterocycles. The van der Waals surface area contributed by atoms with E-state index in [2.05, 4.69) is 4.98 Å². The number of amides is 1. The number of carbonyl (C=O) groups excluding carboxylic acids is 2. The first kappa shape index (κ1) is 30.6. The number of rotatable bonds is 15. The van der Waals surface area contributed by atoms with Crippen LogP contribution in [0, 0.1) is 5.92 Å². The van der Waals surface area contributed by atoms with Gasteiger partial charge in [0.2, 0.25) is 5.91 Å². The number of pyridine rings is 1. The Balaban J connectivity index is 1.33. The molecule has 3 heterocycles. The summed E-state index contributed by atoms with van der Waals surface area (Å²) in [5, 5.41) is 18.6. The standard InChI is InChI=1S/C29H32N2O10S/c1-16(29(36)37)9-25(33)31-14-18-11-21(38-2)22(12-19(18)15-31)40-7-4-8-41-27-23(39-3)10-17-13-24(42-28(17)30-27)20(32)5-6-26(34)35/h10-13,16H,4-9,14-15H2,1-3H3,(H,34,35)(H,36,37). The second-order valence-corrected chi connectivity index (χ2v) is 10.9. The van der Waals surface area contributed by atoms with Gasteiger partial charge in [0.1, 0.15) is 4.83 Å². The van der Waals surface area contributed by atoms with Crippen molar-refractivity contribution in [3.8, 4) is 23.1 Å². The van der Waals surface area contributed by atoms with Crippen LogP contribution in [0.1, 0.15) is 53.4 Å². The van der Waals surface area contributed by atoms with E-state index in [4.69, 9.17) is 29.2 Å². The second-order valence-electron chi connectivity index (χ2n) is 9.83. The van der Waals surface area contributed by atoms with Gasteiger partial charge in [-0.1, -0.05) is 6.92 Å². The van der Waals surface area contributed by atoms with Gasteiger partial charge in [-0.3, -0.25) is 19.2 Å². The van der Waals surface area contributed by atoms with E-state index >= 15 is 0 Å². The molecule has 1 unspecified atom stereocenters. The molecule has 0 radical (unpaired) electrons. The number of aliphatic carboxylic acids is 2. The number of ketones is 1. The summed E-state index contributed by atoms with van der Waals surface area (Å²) in [4.78, 5) is 53.9. The summed E-state index contributed by atoms with van der Waals surface area (Å²) in [6.07, 6.45) is 0.128. The summed E-state index contributed by atoms with van der Waals surface area (Å²) in [6.45, 7) is 2.84. The van der Waals surface area contributed by atoms with Crippen LogP contribution in [-0.4, -0.2) is 71.2 Å². The maximum absolute atomic E-state index is 12.6. The SMILES string of the molecule is COc1cc2c(cc1OCCCOc1nc3sc(C(=O)CCC(=O)O)cc3cc1OC)CN(C(=O)CC(C)C(=O)O)C2. The topological polar surface area (TPSA) is 162 Å². The van der Waals surface area contributed by atoms with Gasteiger partial charge in [0, 0.05) is 37.7 Å². The van der Waals surface area contributed by atoms with Crippen LogP contribution >= 0.6 is 11.3 Å². The number of hydrogen-bond donors (Lipinski definition) is 2. The molecule has 0 aliphatic carbocycles. The van der Waals surface area contributed by atoms with Crippen LogP contribution in [0.25, 0.3) is 10.2 Å². The predicted molar refractivity (Wildman–Crippen MR) is 152 cm³/mol. The molecule has 0 saturated carbocycles. The molecule has 12 nitrogen and oxygen atoms in total. The molecule has 2 aromatic heterocycles. The third-order valence-electron chi connectivity index (χ3n) is 6.75. The Kier molecular flexibility index (Phi) is 9.84. The van der Waals surface area contributed by atoms with Crippen molar-refractivity contribution in [1.29, 1.82) is 0 Å². The van der Waals surface area contributed by atoms with Crippen molar-refractivity contribution in [2.75, 3.05) is 27.4 Å². The number of benzene rings is 1. The van der Waals surface area contributed by atoms with E-state index < -0.39 is 17.9 Å². The van der Waals surface area contributed by atoms with Crippen LogP contribution < -0.4 is 18.9 Å². The lowest BCUT2D eigenvalue weighted by molar-refractivity contribution is -0.145. The zero-order valence-electron chi connectivity index (χ0n) is 23.5. The summed E-state index contributed by atoms with van der Waals surface area (Å²) >= 11 is 1.17. The molecule has 224 valence electrons. The molecule has 42 heavy (non-hydrogen) atoms. The molecule has 1 aliphatic heterocycles. The molecular formula is C29H32N2O10S. The van der Waals surface area contributed by atoms with E-state index in [0.717, 1.165) is 11.1 Å². The number of fused-ring (bicyclic) bond motifs is 2. The van der Waals surface area contributed by atoms with Crippen molar-refractivity contribution in [3.05, 3.63) is 40.3 Å². The number of carbonyl (C=O) groups is 4. The van der Waals surface area contributed by atoms with Crippen LogP contribution in [0.2, 0.25) is 0 Å². The van der Waals surface area contributed by atoms with Crippen LogP contribution in [0.4, 0.5) is 0 Å². The molecule has 1 aliphatic rings. The van der Waals surface area contributed by atoms with E-state index in [1.54, 1.807) is 17.0 Å². The fourth-order valence-electron chi connectivity index (χ4n) is 4.41. The van der Waals surface area contributed by atoms with E-state index in [0.29, 0.717) is 58.5 Å². The Hall–Kier alpha value is -4.39. The minimum Gasteiger partial charge on any atom is -0.493 e. The van der Waals surface area contributed by atoms with E-state index in [9.17, 15) is 19.2 Å². The average molecular weight is 601 g/mol. The predicted octanol–water partition coefficient (Wildman–Crippen LogP) is 4.16. The second kappa shape index (κ2) is 13.5. The number of Topliss-reactive ketones (excluding diaryl/α,β-unsaturated/α-hetero) is 1. The third kappa shape index (κ3) is 7.27. The zero-order valence-corrected chi connectivity index (χ0v) is 24.3. The number of carboxylic acids is 2. The smallest absolute Gasteiger partial charge is 0.306 e. The fourth-order valence-corrected chi connectivity index (χ4v) is 5.38. The zero-order chi connectivity index (χ0) is 30.4. The monoisotopic (exact) mass is 600 g/mol. The highest BCUT2D eigenvalue weighted by atomic mass is 32.1. The normalized spacial score (nSPS) is 13.0. The quantitative estimate of drug-likeness (QED) is 0.190. The summed E-state index contributed by atoms with van der Waals surface area (Å²) < 4.78 is 22.7. The molecule has 1 aromatic carbocycles. The lowest BCUT2D eigenvalue weighted by atomic mass is 10.1. The van der Waals surface area contributed by atoms with Gasteiger partial charge in [0.15, 0.2) is 23.0 Å². The number of hydrogen-bond acceptors (Lipinski definition) is 10. The highest BCUT2D eigenvalue weighted by molar-refractivity contribution is 7.20. The van der Waals surface area contributed by atoms with Crippen molar-refractivity contribution in [2.45, 2.75) is 45.7 Å². The molecule has 0 bridgehead atoms. The fraction of sp³-hybridized carbons (Fsp3) is 0.414. The van der Waals surface area contributed by atoms with E-state index in [1.807, 2.05) is 12.1 Å². The molecule has 1 atom stereocenters. The van der Waals surface area contributed by atoms with Gasteiger partial charge < -0.3 is 34.1 Å². The van der Waals surface area contributed by atoms with Crippen LogP contribution in [0.15, 0.2) is 24.3 Å². The van der Waals surface area contributed by atoms with Crippen molar-refractivity contribution in [1.82, 2.24) is 9.88 Å². The molecule has 2 N–H and O–H groups in total. The van der Waals surface area contributed by atoms with Crippen molar-refractivity contribution in [3.63, 3.8) is 0 Å². The van der Waals surface area contributed by atoms with E-state index in [-0.39, 0.29) is 43.4 Å². The van der Waals surface area contributed by atoms with E-state index in [1.165, 1.54) is 32.5 Å². The first-order chi connectivity index (χ1) is 20.1. The maximum atomic E-state index is 12.6. The average Bonchev–Trinajstić information content (AvgIpc) is 3.58. The lowest BCUT2D eigenvalue weighted by Crippen LogP contribution is -2.28. The first-order valence-electron chi connectivity index (χ1n) is 13.3. The van der Waals surface area contributed by atoms with Gasteiger partial charge in [-0.2, -0.15) is 4.98 Å². The Labute approximate surface area is 245 Å². The molecule has 4 rings (SSSR count). The van der Waals surface area contributed by atoms with Crippen molar-refractivity contribution in [2.24, 2.45) is 5.92 Å². The van der Waals surface area contributed by atoms with Crippen molar-refractivity contribution < 1.29 is 48.3 Å². The number of ether oxygens (including phenoxy) is 4. The number of methoxy groups -OCH3 is 2. The molecule has 1 amide bonds. The molecule has 3 aromatic rings. The van der Waals surface area contributed by atoms with Crippen LogP contribution in [0.5, 0.6) is 23.1 Å². The molecule has 13 heteroatoms. The minimum atomic E-state index is -1.03. The van der Waals surface area contributed by atoms with Gasteiger partial charge in [0.05, 0.1) is 44.6 Å². The van der Waals surface area contributed by atoms with Gasteiger partial charge in [-0.05, 0) is 35.4 Å². The highest BCUT2D eigenvalue weighted by Gasteiger charge is 2.28. The maximum Gasteiger partial charge on any atom is 0.306 e. The molecular weight excluding hydrogens is 568 g/mol. The third-order valence-corrected chi connectivity index (χ3v) is 7.84. The minimum absolute atomic E-state index is 0.0606. The summed E-state index contributed by atoms with van der Waals surface area (Å²) in [5.41, 5.74) is 1.84. The van der Waals surface area contributed by atoms with Gasteiger partial charge in [-0.15, -0.1) is 11.3 Å².